The van der Waals surface area contributed by atoms with E-state index in [0.29, 0.717) is 13.1 Å². The Kier molecular flexibility index (Phi) is 7.16. The third-order valence-corrected chi connectivity index (χ3v) is 6.44. The van der Waals surface area contributed by atoms with Crippen LogP contribution in [0.15, 0.2) is 29.2 Å². The van der Waals surface area contributed by atoms with Crippen molar-refractivity contribution >= 4 is 21.8 Å². The fourth-order valence-electron chi connectivity index (χ4n) is 2.69. The van der Waals surface area contributed by atoms with Crippen molar-refractivity contribution in [3.63, 3.8) is 0 Å². The van der Waals surface area contributed by atoms with E-state index in [1.807, 2.05) is 13.8 Å². The lowest BCUT2D eigenvalue weighted by atomic mass is 10.2. The van der Waals surface area contributed by atoms with Crippen LogP contribution in [0, 0.1) is 0 Å². The number of sulfonamides is 1. The summed E-state index contributed by atoms with van der Waals surface area (Å²) in [6.07, 6.45) is 3.59. The van der Waals surface area contributed by atoms with E-state index in [1.165, 1.54) is 4.31 Å². The summed E-state index contributed by atoms with van der Waals surface area (Å²) in [4.78, 5) is 23.7. The zero-order chi connectivity index (χ0) is 19.2. The molecular formula is C18H27N3O4S. The summed E-state index contributed by atoms with van der Waals surface area (Å²) in [5, 5.41) is 5.13. The molecule has 0 aromatic heterocycles. The minimum atomic E-state index is -3.46. The van der Waals surface area contributed by atoms with Crippen molar-refractivity contribution in [2.24, 2.45) is 0 Å². The number of carbonyl (C=O) groups excluding carboxylic acids is 2. The normalized spacial score (nSPS) is 16.7. The van der Waals surface area contributed by atoms with Crippen LogP contribution in [0.1, 0.15) is 45.1 Å². The van der Waals surface area contributed by atoms with E-state index in [0.717, 1.165) is 31.2 Å². The summed E-state index contributed by atoms with van der Waals surface area (Å²) in [6, 6.07) is 6.34. The maximum absolute atomic E-state index is 12.6. The number of rotatable bonds is 6. The molecule has 1 fully saturated rings. The summed E-state index contributed by atoms with van der Waals surface area (Å²) in [5.41, 5.74) is 0.729. The van der Waals surface area contributed by atoms with Crippen LogP contribution >= 0.6 is 0 Å². The highest BCUT2D eigenvalue weighted by Gasteiger charge is 2.25. The lowest BCUT2D eigenvalue weighted by molar-refractivity contribution is -0.139. The second-order valence-electron chi connectivity index (χ2n) is 6.57. The van der Waals surface area contributed by atoms with Gasteiger partial charge in [0, 0.05) is 25.7 Å². The van der Waals surface area contributed by atoms with Crippen LogP contribution in [-0.2, 0) is 26.2 Å². The van der Waals surface area contributed by atoms with Gasteiger partial charge < -0.3 is 10.6 Å². The highest BCUT2D eigenvalue weighted by molar-refractivity contribution is 7.89. The molecule has 1 saturated heterocycles. The van der Waals surface area contributed by atoms with E-state index in [1.54, 1.807) is 24.3 Å². The van der Waals surface area contributed by atoms with Crippen molar-refractivity contribution in [2.45, 2.75) is 57.0 Å². The molecule has 2 N–H and O–H groups in total. The minimum absolute atomic E-state index is 0.0625. The van der Waals surface area contributed by atoms with Crippen LogP contribution in [0.5, 0.6) is 0 Å². The van der Waals surface area contributed by atoms with Crippen LogP contribution in [0.3, 0.4) is 0 Å². The van der Waals surface area contributed by atoms with Crippen LogP contribution in [0.25, 0.3) is 0 Å². The monoisotopic (exact) mass is 381 g/mol. The average Bonchev–Trinajstić information content (AvgIpc) is 2.66. The first-order valence-electron chi connectivity index (χ1n) is 9.02. The smallest absolute Gasteiger partial charge is 0.309 e. The number of nitrogens with one attached hydrogen (secondary N) is 2. The summed E-state index contributed by atoms with van der Waals surface area (Å²) in [7, 11) is -3.46. The van der Waals surface area contributed by atoms with E-state index in [4.69, 9.17) is 0 Å². The molecule has 1 aliphatic rings. The minimum Gasteiger partial charge on any atom is -0.345 e. The highest BCUT2D eigenvalue weighted by Crippen LogP contribution is 2.20. The molecule has 0 unspecified atom stereocenters. The molecule has 1 aliphatic heterocycles. The van der Waals surface area contributed by atoms with Gasteiger partial charge in [0.1, 0.15) is 0 Å². The van der Waals surface area contributed by atoms with Crippen LogP contribution < -0.4 is 10.6 Å². The molecule has 0 spiro atoms. The highest BCUT2D eigenvalue weighted by atomic mass is 32.2. The van der Waals surface area contributed by atoms with Gasteiger partial charge >= 0.3 is 11.8 Å². The number of nitrogens with zero attached hydrogens (tertiary/aromatic N) is 1. The molecule has 0 saturated carbocycles. The zero-order valence-corrected chi connectivity index (χ0v) is 16.1. The van der Waals surface area contributed by atoms with Gasteiger partial charge in [-0.2, -0.15) is 4.31 Å². The summed E-state index contributed by atoms with van der Waals surface area (Å²) < 4.78 is 26.7. The maximum Gasteiger partial charge on any atom is 0.309 e. The predicted molar refractivity (Wildman–Crippen MR) is 98.8 cm³/mol. The molecule has 2 amide bonds. The Hall–Kier alpha value is -1.93. The summed E-state index contributed by atoms with van der Waals surface area (Å²) in [6.45, 7) is 5.03. The Bertz CT molecular complexity index is 725. The lowest BCUT2D eigenvalue weighted by Gasteiger charge is -2.25. The van der Waals surface area contributed by atoms with Gasteiger partial charge in [-0.05, 0) is 43.9 Å². The number of amides is 2. The van der Waals surface area contributed by atoms with Crippen molar-refractivity contribution in [1.29, 1.82) is 0 Å². The van der Waals surface area contributed by atoms with Gasteiger partial charge in [0.05, 0.1) is 4.90 Å². The molecule has 26 heavy (non-hydrogen) atoms. The van der Waals surface area contributed by atoms with E-state index < -0.39 is 21.8 Å². The van der Waals surface area contributed by atoms with Crippen molar-refractivity contribution in [3.05, 3.63) is 29.8 Å². The van der Waals surface area contributed by atoms with Gasteiger partial charge in [-0.1, -0.05) is 25.5 Å². The fraction of sp³-hybridized carbons (Fsp3) is 0.556. The number of benzene rings is 1. The van der Waals surface area contributed by atoms with Gasteiger partial charge in [0.15, 0.2) is 0 Å². The molecule has 1 heterocycles. The molecule has 8 heteroatoms. The molecule has 0 radical (unpaired) electrons. The topological polar surface area (TPSA) is 95.6 Å². The molecule has 2 rings (SSSR count). The van der Waals surface area contributed by atoms with Gasteiger partial charge in [-0.25, -0.2) is 8.42 Å². The van der Waals surface area contributed by atoms with Crippen molar-refractivity contribution in [2.75, 3.05) is 13.1 Å². The Balaban J connectivity index is 1.93. The van der Waals surface area contributed by atoms with Gasteiger partial charge in [0.2, 0.25) is 10.0 Å². The molecule has 7 nitrogen and oxygen atoms in total. The standard InChI is InChI=1S/C18H27N3O4S/c1-3-14(2)20-18(23)17(22)19-13-15-7-9-16(10-8-15)26(24,25)21-11-5-4-6-12-21/h7-10,14H,3-6,11-13H2,1-2H3,(H,19,22)(H,20,23)/t14-/m0/s1. The van der Waals surface area contributed by atoms with E-state index in [-0.39, 0.29) is 17.5 Å². The first-order chi connectivity index (χ1) is 12.3. The first kappa shape index (κ1) is 20.4. The Morgan fingerprint density at radius 1 is 1.08 bits per heavy atom. The third kappa shape index (κ3) is 5.28. The molecule has 0 aliphatic carbocycles. The van der Waals surface area contributed by atoms with Crippen LogP contribution in [0.2, 0.25) is 0 Å². The first-order valence-corrected chi connectivity index (χ1v) is 10.5. The van der Waals surface area contributed by atoms with Crippen molar-refractivity contribution < 1.29 is 18.0 Å². The molecule has 0 bridgehead atoms. The summed E-state index contributed by atoms with van der Waals surface area (Å²) >= 11 is 0. The van der Waals surface area contributed by atoms with E-state index >= 15 is 0 Å². The molecule has 1 aromatic rings. The Morgan fingerprint density at radius 2 is 1.69 bits per heavy atom. The molecule has 1 atom stereocenters. The van der Waals surface area contributed by atoms with Crippen LogP contribution in [0.4, 0.5) is 0 Å². The maximum atomic E-state index is 12.6. The average molecular weight is 381 g/mol. The van der Waals surface area contributed by atoms with E-state index in [2.05, 4.69) is 10.6 Å². The lowest BCUT2D eigenvalue weighted by Crippen LogP contribution is -2.43. The predicted octanol–water partition coefficient (Wildman–Crippen LogP) is 1.39. The Morgan fingerprint density at radius 3 is 2.27 bits per heavy atom. The van der Waals surface area contributed by atoms with E-state index in [9.17, 15) is 18.0 Å². The largest absolute Gasteiger partial charge is 0.345 e. The van der Waals surface area contributed by atoms with Gasteiger partial charge in [-0.3, -0.25) is 9.59 Å². The third-order valence-electron chi connectivity index (χ3n) is 4.53. The second-order valence-corrected chi connectivity index (χ2v) is 8.51. The quantitative estimate of drug-likeness (QED) is 0.728. The second kappa shape index (κ2) is 9.14. The molecular weight excluding hydrogens is 354 g/mol. The van der Waals surface area contributed by atoms with Crippen molar-refractivity contribution in [3.8, 4) is 0 Å². The van der Waals surface area contributed by atoms with Crippen LogP contribution in [-0.4, -0.2) is 43.7 Å². The SMILES string of the molecule is CC[C@H](C)NC(=O)C(=O)NCc1ccc(S(=O)(=O)N2CCCCC2)cc1. The number of hydrogen-bond donors (Lipinski definition) is 2. The molecule has 144 valence electrons. The zero-order valence-electron chi connectivity index (χ0n) is 15.3. The number of piperidine rings is 1. The van der Waals surface area contributed by atoms with Gasteiger partial charge in [-0.15, -0.1) is 0 Å². The summed E-state index contributed by atoms with van der Waals surface area (Å²) in [5.74, 6) is -1.36. The number of carbonyl (C=O) groups is 2. The Labute approximate surface area is 155 Å². The van der Waals surface area contributed by atoms with Crippen molar-refractivity contribution in [1.82, 2.24) is 14.9 Å². The number of hydrogen-bond acceptors (Lipinski definition) is 4. The van der Waals surface area contributed by atoms with Gasteiger partial charge in [0.25, 0.3) is 0 Å². The fourth-order valence-corrected chi connectivity index (χ4v) is 4.20. The molecule has 1 aromatic carbocycles.